The third kappa shape index (κ3) is 4.42. The first-order chi connectivity index (χ1) is 16.9. The van der Waals surface area contributed by atoms with Crippen molar-refractivity contribution in [3.05, 3.63) is 93.1 Å². The molecule has 5 rings (SSSR count). The Morgan fingerprint density at radius 1 is 1.09 bits per heavy atom. The number of amides is 1. The van der Waals surface area contributed by atoms with Crippen LogP contribution in [0.1, 0.15) is 36.6 Å². The topological polar surface area (TPSA) is 116 Å². The van der Waals surface area contributed by atoms with Crippen molar-refractivity contribution >= 4 is 44.4 Å². The fraction of sp³-hybridized carbons (Fsp3) is 0.154. The summed E-state index contributed by atoms with van der Waals surface area (Å²) in [6.45, 7) is 0. The van der Waals surface area contributed by atoms with Crippen molar-refractivity contribution in [1.82, 2.24) is 9.99 Å². The third-order valence-corrected chi connectivity index (χ3v) is 6.41. The molecule has 2 aromatic carbocycles. The molecule has 0 radical (unpaired) electrons. The Bertz CT molecular complexity index is 1510. The largest absolute Gasteiger partial charge is 0.481 e. The molecule has 1 atom stereocenters. The lowest BCUT2D eigenvalue weighted by atomic mass is 9.92. The molecule has 0 saturated heterocycles. The average Bonchev–Trinajstić information content (AvgIpc) is 3.53. The minimum atomic E-state index is -1.07. The van der Waals surface area contributed by atoms with E-state index in [1.165, 1.54) is 11.3 Å². The Kier molecular flexibility index (Phi) is 6.08. The molecule has 3 heterocycles. The Hall–Kier alpha value is -3.98. The summed E-state index contributed by atoms with van der Waals surface area (Å²) in [7, 11) is 0. The number of carbonyl (C=O) groups excluding carboxylic acids is 1. The highest BCUT2D eigenvalue weighted by molar-refractivity contribution is 9.10. The Balaban J connectivity index is 1.70. The number of fused-ring (bicyclic) bond motifs is 1. The van der Waals surface area contributed by atoms with E-state index >= 15 is 0 Å². The number of halogens is 1. The zero-order valence-corrected chi connectivity index (χ0v) is 20.0. The molecule has 0 fully saturated rings. The zero-order valence-electron chi connectivity index (χ0n) is 18.4. The van der Waals surface area contributed by atoms with E-state index in [1.54, 1.807) is 12.1 Å². The van der Waals surface area contributed by atoms with Crippen molar-refractivity contribution in [3.8, 4) is 11.1 Å². The number of hydrogen-bond donors (Lipinski definition) is 2. The van der Waals surface area contributed by atoms with E-state index in [4.69, 9.17) is 9.52 Å². The highest BCUT2D eigenvalue weighted by Gasteiger charge is 2.36. The standard InChI is InChI=1S/C26H20BrN3O5/c27-16-8-9-18-17(13-16)24(15-5-2-1-3-6-15)25(26(34)28-18)19-14-20(21-7-4-12-35-21)30(29-19)22(31)10-11-23(32)33/h1-9,12-13,20H,10-11,14H2,(H,28,34)(H,32,33)/t20-/m0/s1. The Labute approximate surface area is 208 Å². The number of carbonyl (C=O) groups is 2. The predicted octanol–water partition coefficient (Wildman–Crippen LogP) is 5.09. The van der Waals surface area contributed by atoms with Gasteiger partial charge in [-0.15, -0.1) is 0 Å². The van der Waals surface area contributed by atoms with Gasteiger partial charge in [-0.25, -0.2) is 5.01 Å². The van der Waals surface area contributed by atoms with Gasteiger partial charge in [-0.05, 0) is 35.9 Å². The maximum absolute atomic E-state index is 13.4. The lowest BCUT2D eigenvalue weighted by Crippen LogP contribution is -2.27. The molecule has 2 N–H and O–H groups in total. The van der Waals surface area contributed by atoms with Crippen molar-refractivity contribution in [3.63, 3.8) is 0 Å². The molecular weight excluding hydrogens is 514 g/mol. The lowest BCUT2D eigenvalue weighted by molar-refractivity contribution is -0.141. The highest BCUT2D eigenvalue weighted by atomic mass is 79.9. The van der Waals surface area contributed by atoms with Gasteiger partial charge >= 0.3 is 5.97 Å². The molecule has 4 aromatic rings. The maximum atomic E-state index is 13.4. The number of carboxylic acids is 1. The van der Waals surface area contributed by atoms with Crippen LogP contribution in [0.25, 0.3) is 22.0 Å². The fourth-order valence-electron chi connectivity index (χ4n) is 4.37. The van der Waals surface area contributed by atoms with E-state index in [0.29, 0.717) is 28.1 Å². The van der Waals surface area contributed by atoms with Crippen LogP contribution in [0.5, 0.6) is 0 Å². The molecule has 1 aliphatic heterocycles. The molecule has 0 aliphatic carbocycles. The number of H-pyrrole nitrogens is 1. The van der Waals surface area contributed by atoms with Gasteiger partial charge in [0, 0.05) is 33.8 Å². The van der Waals surface area contributed by atoms with Crippen molar-refractivity contribution < 1.29 is 19.1 Å². The number of aromatic nitrogens is 1. The fourth-order valence-corrected chi connectivity index (χ4v) is 4.73. The summed E-state index contributed by atoms with van der Waals surface area (Å²) in [4.78, 5) is 40.4. The Morgan fingerprint density at radius 3 is 2.60 bits per heavy atom. The van der Waals surface area contributed by atoms with Gasteiger partial charge in [0.1, 0.15) is 11.8 Å². The Morgan fingerprint density at radius 2 is 1.89 bits per heavy atom. The van der Waals surface area contributed by atoms with E-state index < -0.39 is 17.9 Å². The average molecular weight is 534 g/mol. The quantitative estimate of drug-likeness (QED) is 0.358. The second kappa shape index (κ2) is 9.34. The zero-order chi connectivity index (χ0) is 24.5. The number of hydrogen-bond acceptors (Lipinski definition) is 5. The SMILES string of the molecule is O=C(O)CCC(=O)N1N=C(c2c(-c3ccccc3)c3cc(Br)ccc3[nH]c2=O)C[C@H]1c1ccco1. The van der Waals surface area contributed by atoms with Crippen LogP contribution in [0.2, 0.25) is 0 Å². The molecule has 35 heavy (non-hydrogen) atoms. The highest BCUT2D eigenvalue weighted by Crippen LogP contribution is 2.37. The van der Waals surface area contributed by atoms with Crippen LogP contribution in [0.15, 0.2) is 85.7 Å². The van der Waals surface area contributed by atoms with Gasteiger partial charge in [0.25, 0.3) is 5.56 Å². The van der Waals surface area contributed by atoms with Crippen LogP contribution < -0.4 is 5.56 Å². The van der Waals surface area contributed by atoms with E-state index in [-0.39, 0.29) is 24.8 Å². The van der Waals surface area contributed by atoms with Crippen molar-refractivity contribution in [1.29, 1.82) is 0 Å². The third-order valence-electron chi connectivity index (χ3n) is 5.92. The molecule has 0 spiro atoms. The van der Waals surface area contributed by atoms with Crippen LogP contribution >= 0.6 is 15.9 Å². The van der Waals surface area contributed by atoms with Gasteiger partial charge < -0.3 is 14.5 Å². The van der Waals surface area contributed by atoms with Crippen LogP contribution in [0.3, 0.4) is 0 Å². The number of hydrazone groups is 1. The predicted molar refractivity (Wildman–Crippen MR) is 134 cm³/mol. The van der Waals surface area contributed by atoms with Crippen molar-refractivity contribution in [2.45, 2.75) is 25.3 Å². The first-order valence-corrected chi connectivity index (χ1v) is 11.8. The van der Waals surface area contributed by atoms with Crippen LogP contribution in [-0.4, -0.2) is 32.7 Å². The molecule has 0 saturated carbocycles. The van der Waals surface area contributed by atoms with E-state index in [0.717, 1.165) is 15.4 Å². The number of aliphatic carboxylic acids is 1. The molecule has 8 nitrogen and oxygen atoms in total. The monoisotopic (exact) mass is 533 g/mol. The molecule has 176 valence electrons. The van der Waals surface area contributed by atoms with E-state index in [1.807, 2.05) is 48.5 Å². The second-order valence-corrected chi connectivity index (χ2v) is 9.09. The van der Waals surface area contributed by atoms with E-state index in [2.05, 4.69) is 26.0 Å². The number of furan rings is 1. The smallest absolute Gasteiger partial charge is 0.303 e. The molecule has 1 amide bonds. The van der Waals surface area contributed by atoms with E-state index in [9.17, 15) is 14.4 Å². The summed E-state index contributed by atoms with van der Waals surface area (Å²) < 4.78 is 6.42. The minimum absolute atomic E-state index is 0.212. The summed E-state index contributed by atoms with van der Waals surface area (Å²) in [5.74, 6) is -1.02. The number of rotatable bonds is 6. The second-order valence-electron chi connectivity index (χ2n) is 8.17. The van der Waals surface area contributed by atoms with Gasteiger partial charge in [0.2, 0.25) is 5.91 Å². The van der Waals surface area contributed by atoms with Crippen LogP contribution in [0, 0.1) is 0 Å². The summed E-state index contributed by atoms with van der Waals surface area (Å²) >= 11 is 3.52. The number of carboxylic acid groups (broad SMARTS) is 1. The summed E-state index contributed by atoms with van der Waals surface area (Å²) in [5, 5.41) is 15.7. The van der Waals surface area contributed by atoms with Crippen molar-refractivity contribution in [2.75, 3.05) is 0 Å². The number of nitrogens with one attached hydrogen (secondary N) is 1. The minimum Gasteiger partial charge on any atom is -0.481 e. The van der Waals surface area contributed by atoms with Gasteiger partial charge in [0.05, 0.1) is 24.0 Å². The summed E-state index contributed by atoms with van der Waals surface area (Å²) in [5.41, 5.74) is 2.70. The number of pyridine rings is 1. The number of aromatic amines is 1. The molecular formula is C26H20BrN3O5. The van der Waals surface area contributed by atoms with Gasteiger partial charge in [-0.3, -0.25) is 14.4 Å². The molecule has 0 bridgehead atoms. The lowest BCUT2D eigenvalue weighted by Gasteiger charge is -2.19. The molecule has 1 aliphatic rings. The summed E-state index contributed by atoms with van der Waals surface area (Å²) in [6, 6.07) is 18.0. The number of nitrogens with zero attached hydrogens (tertiary/aromatic N) is 2. The normalized spacial score (nSPS) is 15.4. The van der Waals surface area contributed by atoms with Gasteiger partial charge in [-0.1, -0.05) is 46.3 Å². The molecule has 0 unspecified atom stereocenters. The van der Waals surface area contributed by atoms with Crippen LogP contribution in [0.4, 0.5) is 0 Å². The molecule has 9 heteroatoms. The first-order valence-electron chi connectivity index (χ1n) is 11.0. The summed E-state index contributed by atoms with van der Waals surface area (Å²) in [6.07, 6.45) is 1.22. The maximum Gasteiger partial charge on any atom is 0.303 e. The first kappa shape index (κ1) is 22.8. The van der Waals surface area contributed by atoms with Crippen molar-refractivity contribution in [2.24, 2.45) is 5.10 Å². The van der Waals surface area contributed by atoms with Gasteiger partial charge in [-0.2, -0.15) is 5.10 Å². The molecule has 2 aromatic heterocycles. The van der Waals surface area contributed by atoms with Crippen LogP contribution in [-0.2, 0) is 9.59 Å². The van der Waals surface area contributed by atoms with Gasteiger partial charge in [0.15, 0.2) is 0 Å². The number of benzene rings is 2.